The van der Waals surface area contributed by atoms with Gasteiger partial charge >= 0.3 is 7.82 Å². The van der Waals surface area contributed by atoms with Crippen molar-refractivity contribution in [3.8, 4) is 0 Å². The Morgan fingerprint density at radius 2 is 1.92 bits per heavy atom. The molecule has 0 aromatic rings. The van der Waals surface area contributed by atoms with Gasteiger partial charge in [0.05, 0.1) is 0 Å². The molecule has 0 aromatic heterocycles. The average Bonchev–Trinajstić information content (AvgIpc) is 2.64. The quantitative estimate of drug-likeness (QED) is 0.669. The van der Waals surface area contributed by atoms with Gasteiger partial charge in [0.1, 0.15) is 5.60 Å². The zero-order valence-electron chi connectivity index (χ0n) is 7.56. The number of phosphoric acid groups is 1. The maximum atomic E-state index is 11.4. The van der Waals surface area contributed by atoms with Crippen LogP contribution in [0.5, 0.6) is 0 Å². The van der Waals surface area contributed by atoms with Crippen molar-refractivity contribution in [2.75, 3.05) is 0 Å². The fourth-order valence-electron chi connectivity index (χ4n) is 1.25. The fourth-order valence-corrected chi connectivity index (χ4v) is 1.98. The van der Waals surface area contributed by atoms with E-state index in [0.29, 0.717) is 12.8 Å². The highest BCUT2D eigenvalue weighted by atomic mass is 31.2. The molecule has 2 N–H and O–H groups in total. The van der Waals surface area contributed by atoms with Crippen molar-refractivity contribution in [1.29, 1.82) is 0 Å². The lowest BCUT2D eigenvalue weighted by molar-refractivity contribution is -0.131. The molecule has 1 fully saturated rings. The van der Waals surface area contributed by atoms with E-state index in [1.165, 1.54) is 0 Å². The normalized spacial score (nSPS) is 20.4. The van der Waals surface area contributed by atoms with Gasteiger partial charge < -0.3 is 9.79 Å². The highest BCUT2D eigenvalue weighted by molar-refractivity contribution is 7.46. The lowest BCUT2D eigenvalue weighted by Crippen LogP contribution is -2.29. The summed E-state index contributed by atoms with van der Waals surface area (Å²) >= 11 is 0. The molecule has 0 radical (unpaired) electrons. The third kappa shape index (κ3) is 2.61. The fraction of sp³-hybridized carbons (Fsp3) is 0.857. The molecule has 13 heavy (non-hydrogen) atoms. The van der Waals surface area contributed by atoms with E-state index >= 15 is 0 Å². The van der Waals surface area contributed by atoms with Crippen molar-refractivity contribution < 1.29 is 23.7 Å². The predicted molar refractivity (Wildman–Crippen MR) is 44.9 cm³/mol. The van der Waals surface area contributed by atoms with Crippen molar-refractivity contribution >= 4 is 13.6 Å². The van der Waals surface area contributed by atoms with E-state index in [1.807, 2.05) is 0 Å². The molecule has 0 amide bonds. The number of Topliss-reactive ketones (excluding diaryl/α,β-unsaturated/α-hetero) is 1. The third-order valence-corrected chi connectivity index (χ3v) is 2.56. The van der Waals surface area contributed by atoms with Crippen LogP contribution in [0.3, 0.4) is 0 Å². The molecular formula is C7H13O5P. The van der Waals surface area contributed by atoms with Gasteiger partial charge in [0, 0.05) is 5.92 Å². The molecular weight excluding hydrogens is 195 g/mol. The zero-order valence-corrected chi connectivity index (χ0v) is 8.45. The molecule has 1 saturated carbocycles. The molecule has 76 valence electrons. The van der Waals surface area contributed by atoms with Crippen LogP contribution in [0.25, 0.3) is 0 Å². The second-order valence-corrected chi connectivity index (χ2v) is 4.76. The van der Waals surface area contributed by atoms with E-state index in [4.69, 9.17) is 9.79 Å². The Balaban J connectivity index is 2.68. The van der Waals surface area contributed by atoms with Crippen LogP contribution < -0.4 is 0 Å². The van der Waals surface area contributed by atoms with Crippen LogP contribution in [0.4, 0.5) is 0 Å². The lowest BCUT2D eigenvalue weighted by atomic mass is 10.0. The molecule has 0 aromatic carbocycles. The summed E-state index contributed by atoms with van der Waals surface area (Å²) in [6.07, 6.45) is 0.824. The van der Waals surface area contributed by atoms with Crippen molar-refractivity contribution in [1.82, 2.24) is 0 Å². The molecule has 5 nitrogen and oxygen atoms in total. The minimum absolute atomic E-state index is 0.226. The van der Waals surface area contributed by atoms with Gasteiger partial charge in [0.2, 0.25) is 0 Å². The lowest BCUT2D eigenvalue weighted by Gasteiger charge is -2.17. The second-order valence-electron chi connectivity index (χ2n) is 3.60. The van der Waals surface area contributed by atoms with Crippen LogP contribution in [0, 0.1) is 5.92 Å². The van der Waals surface area contributed by atoms with E-state index in [-0.39, 0.29) is 11.7 Å². The first kappa shape index (κ1) is 10.9. The van der Waals surface area contributed by atoms with Crippen molar-refractivity contribution in [2.45, 2.75) is 32.3 Å². The first-order valence-corrected chi connectivity index (χ1v) is 5.60. The maximum Gasteiger partial charge on any atom is 0.470 e. The minimum Gasteiger partial charge on any atom is -0.303 e. The molecule has 0 atom stereocenters. The zero-order chi connectivity index (χ0) is 10.3. The van der Waals surface area contributed by atoms with Gasteiger partial charge in [-0.1, -0.05) is 13.8 Å². The second kappa shape index (κ2) is 3.17. The highest BCUT2D eigenvalue weighted by Crippen LogP contribution is 2.53. The van der Waals surface area contributed by atoms with Gasteiger partial charge in [0.25, 0.3) is 0 Å². The molecule has 6 heteroatoms. The maximum absolute atomic E-state index is 11.4. The molecule has 0 unspecified atom stereocenters. The van der Waals surface area contributed by atoms with E-state index in [1.54, 1.807) is 13.8 Å². The SMILES string of the molecule is CC(C)C(=O)C1(OP(=O)(O)O)CC1. The summed E-state index contributed by atoms with van der Waals surface area (Å²) in [7, 11) is -4.54. The Morgan fingerprint density at radius 3 is 2.15 bits per heavy atom. The molecule has 0 spiro atoms. The van der Waals surface area contributed by atoms with E-state index < -0.39 is 13.4 Å². The summed E-state index contributed by atoms with van der Waals surface area (Å²) in [5.74, 6) is -0.482. The Bertz CT molecular complexity index is 262. The summed E-state index contributed by atoms with van der Waals surface area (Å²) < 4.78 is 15.0. The largest absolute Gasteiger partial charge is 0.470 e. The van der Waals surface area contributed by atoms with Gasteiger partial charge in [-0.25, -0.2) is 4.57 Å². The van der Waals surface area contributed by atoms with Crippen LogP contribution in [-0.2, 0) is 13.9 Å². The van der Waals surface area contributed by atoms with E-state index in [2.05, 4.69) is 4.52 Å². The van der Waals surface area contributed by atoms with Crippen LogP contribution in [0.1, 0.15) is 26.7 Å². The number of carbonyl (C=O) groups is 1. The molecule has 0 bridgehead atoms. The van der Waals surface area contributed by atoms with Gasteiger partial charge in [-0.05, 0) is 12.8 Å². The van der Waals surface area contributed by atoms with E-state index in [9.17, 15) is 9.36 Å². The monoisotopic (exact) mass is 208 g/mol. The van der Waals surface area contributed by atoms with Crippen LogP contribution in [-0.4, -0.2) is 21.2 Å². The molecule has 0 heterocycles. The summed E-state index contributed by atoms with van der Waals surface area (Å²) in [6.45, 7) is 3.37. The number of phosphoric ester groups is 1. The smallest absolute Gasteiger partial charge is 0.303 e. The van der Waals surface area contributed by atoms with Crippen molar-refractivity contribution in [2.24, 2.45) is 5.92 Å². The number of hydrogen-bond acceptors (Lipinski definition) is 3. The van der Waals surface area contributed by atoms with E-state index in [0.717, 1.165) is 0 Å². The topological polar surface area (TPSA) is 83.8 Å². The molecule has 1 aliphatic carbocycles. The van der Waals surface area contributed by atoms with Crippen LogP contribution >= 0.6 is 7.82 Å². The number of carbonyl (C=O) groups excluding carboxylic acids is 1. The van der Waals surface area contributed by atoms with Gasteiger partial charge in [0.15, 0.2) is 5.78 Å². The summed E-state index contributed by atoms with van der Waals surface area (Å²) in [4.78, 5) is 28.6. The Kier molecular flexibility index (Phi) is 2.65. The third-order valence-electron chi connectivity index (χ3n) is 1.97. The Hall–Kier alpha value is -0.220. The predicted octanol–water partition coefficient (Wildman–Crippen LogP) is 0.853. The number of ketones is 1. The molecule has 1 aliphatic rings. The Morgan fingerprint density at radius 1 is 1.46 bits per heavy atom. The average molecular weight is 208 g/mol. The van der Waals surface area contributed by atoms with Crippen LogP contribution in [0.15, 0.2) is 0 Å². The minimum atomic E-state index is -4.54. The summed E-state index contributed by atoms with van der Waals surface area (Å²) in [5.41, 5.74) is -1.19. The summed E-state index contributed by atoms with van der Waals surface area (Å²) in [5, 5.41) is 0. The highest BCUT2D eigenvalue weighted by Gasteiger charge is 2.55. The molecule has 1 rings (SSSR count). The first-order chi connectivity index (χ1) is 5.77. The van der Waals surface area contributed by atoms with Crippen LogP contribution in [0.2, 0.25) is 0 Å². The standard InChI is InChI=1S/C7H13O5P/c1-5(2)6(8)7(3-4-7)12-13(9,10)11/h5H,3-4H2,1-2H3,(H2,9,10,11). The number of rotatable bonds is 4. The Labute approximate surface area is 76.3 Å². The number of hydrogen-bond donors (Lipinski definition) is 2. The molecule has 0 aliphatic heterocycles. The van der Waals surface area contributed by atoms with Gasteiger partial charge in [-0.15, -0.1) is 0 Å². The van der Waals surface area contributed by atoms with Crippen molar-refractivity contribution in [3.63, 3.8) is 0 Å². The van der Waals surface area contributed by atoms with Gasteiger partial charge in [-0.2, -0.15) is 0 Å². The molecule has 0 saturated heterocycles. The van der Waals surface area contributed by atoms with Crippen molar-refractivity contribution in [3.05, 3.63) is 0 Å². The van der Waals surface area contributed by atoms with Gasteiger partial charge in [-0.3, -0.25) is 9.32 Å². The summed E-state index contributed by atoms with van der Waals surface area (Å²) in [6, 6.07) is 0. The first-order valence-electron chi connectivity index (χ1n) is 4.07.